The first kappa shape index (κ1) is 14.6. The maximum absolute atomic E-state index is 11.7. The first-order valence-corrected chi connectivity index (χ1v) is 6.58. The van der Waals surface area contributed by atoms with Gasteiger partial charge in [-0.05, 0) is 25.3 Å². The number of nitrogens with two attached hydrogens (primary N) is 1. The van der Waals surface area contributed by atoms with Crippen LogP contribution in [0.15, 0.2) is 24.3 Å². The second-order valence-corrected chi connectivity index (χ2v) is 4.89. The van der Waals surface area contributed by atoms with Gasteiger partial charge in [-0.15, -0.1) is 0 Å². The van der Waals surface area contributed by atoms with Gasteiger partial charge >= 0.3 is 0 Å². The first-order chi connectivity index (χ1) is 8.52. The predicted molar refractivity (Wildman–Crippen MR) is 78.5 cm³/mol. The maximum Gasteiger partial charge on any atom is 0.220 e. The number of carbonyl (C=O) groups excluding carboxylic acids is 1. The maximum atomic E-state index is 11.7. The van der Waals surface area contributed by atoms with Crippen LogP contribution in [0.4, 0.5) is 0 Å². The minimum absolute atomic E-state index is 0.00356. The van der Waals surface area contributed by atoms with Gasteiger partial charge in [0.2, 0.25) is 5.91 Å². The second-order valence-electron chi connectivity index (χ2n) is 4.42. The fourth-order valence-electron chi connectivity index (χ4n) is 1.77. The smallest absolute Gasteiger partial charge is 0.220 e. The fourth-order valence-corrected chi connectivity index (χ4v) is 1.99. The van der Waals surface area contributed by atoms with Crippen LogP contribution in [0.5, 0.6) is 0 Å². The molecule has 0 saturated carbocycles. The highest BCUT2D eigenvalue weighted by atomic mass is 32.1. The molecule has 0 saturated heterocycles. The monoisotopic (exact) mass is 264 g/mol. The molecule has 0 radical (unpaired) electrons. The van der Waals surface area contributed by atoms with Crippen LogP contribution in [0.3, 0.4) is 0 Å². The summed E-state index contributed by atoms with van der Waals surface area (Å²) in [6.07, 6.45) is 1.93. The van der Waals surface area contributed by atoms with Crippen molar-refractivity contribution in [3.8, 4) is 0 Å². The van der Waals surface area contributed by atoms with Gasteiger partial charge in [0.15, 0.2) is 0 Å². The topological polar surface area (TPSA) is 55.1 Å². The standard InChI is InChI=1S/C14H20N2OS/c1-3-12(14(15)18)16-13(17)8-7-11-6-4-5-10(2)9-11/h4-6,9,12H,3,7-8H2,1-2H3,(H2,15,18)(H,16,17). The molecule has 1 aromatic carbocycles. The lowest BCUT2D eigenvalue weighted by atomic mass is 10.1. The van der Waals surface area contributed by atoms with Crippen molar-refractivity contribution < 1.29 is 4.79 Å². The van der Waals surface area contributed by atoms with Gasteiger partial charge in [-0.25, -0.2) is 0 Å². The molecular weight excluding hydrogens is 244 g/mol. The van der Waals surface area contributed by atoms with Crippen molar-refractivity contribution in [3.05, 3.63) is 35.4 Å². The number of thiocarbonyl (C=S) groups is 1. The quantitative estimate of drug-likeness (QED) is 0.774. The Morgan fingerprint density at radius 2 is 2.22 bits per heavy atom. The van der Waals surface area contributed by atoms with E-state index >= 15 is 0 Å². The molecule has 0 aliphatic rings. The van der Waals surface area contributed by atoms with E-state index in [1.807, 2.05) is 32.0 Å². The van der Waals surface area contributed by atoms with Crippen molar-refractivity contribution in [2.75, 3.05) is 0 Å². The van der Waals surface area contributed by atoms with E-state index in [9.17, 15) is 4.79 Å². The van der Waals surface area contributed by atoms with E-state index < -0.39 is 0 Å². The summed E-state index contributed by atoms with van der Waals surface area (Å²) in [4.78, 5) is 12.1. The van der Waals surface area contributed by atoms with Crippen molar-refractivity contribution in [2.24, 2.45) is 5.73 Å². The lowest BCUT2D eigenvalue weighted by Gasteiger charge is -2.15. The lowest BCUT2D eigenvalue weighted by Crippen LogP contribution is -2.43. The molecule has 1 aromatic rings. The van der Waals surface area contributed by atoms with Crippen LogP contribution in [0, 0.1) is 6.92 Å². The molecule has 0 aromatic heterocycles. The average molecular weight is 264 g/mol. The minimum atomic E-state index is -0.190. The van der Waals surface area contributed by atoms with Crippen LogP contribution in [0.1, 0.15) is 30.9 Å². The van der Waals surface area contributed by atoms with Crippen LogP contribution in [0.2, 0.25) is 0 Å². The Hall–Kier alpha value is -1.42. The van der Waals surface area contributed by atoms with E-state index in [1.165, 1.54) is 11.1 Å². The number of benzene rings is 1. The van der Waals surface area contributed by atoms with E-state index in [1.54, 1.807) is 0 Å². The Kier molecular flexibility index (Phi) is 5.78. The van der Waals surface area contributed by atoms with Crippen LogP contribution in [0.25, 0.3) is 0 Å². The zero-order valence-corrected chi connectivity index (χ0v) is 11.7. The van der Waals surface area contributed by atoms with E-state index in [4.69, 9.17) is 18.0 Å². The number of hydrogen-bond donors (Lipinski definition) is 2. The van der Waals surface area contributed by atoms with Crippen LogP contribution in [-0.4, -0.2) is 16.9 Å². The van der Waals surface area contributed by atoms with Gasteiger partial charge in [0.25, 0.3) is 0 Å². The molecule has 0 fully saturated rings. The SMILES string of the molecule is CCC(NC(=O)CCc1cccc(C)c1)C(N)=S. The molecule has 0 bridgehead atoms. The van der Waals surface area contributed by atoms with Crippen LogP contribution in [-0.2, 0) is 11.2 Å². The summed E-state index contributed by atoms with van der Waals surface area (Å²) in [7, 11) is 0. The van der Waals surface area contributed by atoms with E-state index in [0.717, 1.165) is 12.8 Å². The van der Waals surface area contributed by atoms with E-state index in [-0.39, 0.29) is 11.9 Å². The zero-order valence-electron chi connectivity index (χ0n) is 10.9. The van der Waals surface area contributed by atoms with Gasteiger partial charge in [0.1, 0.15) is 0 Å². The predicted octanol–water partition coefficient (Wildman–Crippen LogP) is 2.11. The van der Waals surface area contributed by atoms with Gasteiger partial charge < -0.3 is 11.1 Å². The Morgan fingerprint density at radius 3 is 2.78 bits per heavy atom. The lowest BCUT2D eigenvalue weighted by molar-refractivity contribution is -0.121. The molecule has 4 heteroatoms. The largest absolute Gasteiger partial charge is 0.392 e. The van der Waals surface area contributed by atoms with Gasteiger partial charge in [0, 0.05) is 6.42 Å². The van der Waals surface area contributed by atoms with Gasteiger partial charge in [-0.3, -0.25) is 4.79 Å². The first-order valence-electron chi connectivity index (χ1n) is 6.17. The Labute approximate surface area is 114 Å². The summed E-state index contributed by atoms with van der Waals surface area (Å²) >= 11 is 4.89. The van der Waals surface area contributed by atoms with Crippen molar-refractivity contribution in [3.63, 3.8) is 0 Å². The minimum Gasteiger partial charge on any atom is -0.392 e. The third kappa shape index (κ3) is 4.84. The molecule has 0 aliphatic heterocycles. The summed E-state index contributed by atoms with van der Waals surface area (Å²) in [6, 6.07) is 7.99. The number of nitrogens with one attached hydrogen (secondary N) is 1. The summed E-state index contributed by atoms with van der Waals surface area (Å²) in [6.45, 7) is 3.99. The zero-order chi connectivity index (χ0) is 13.5. The third-order valence-corrected chi connectivity index (χ3v) is 3.09. The van der Waals surface area contributed by atoms with Crippen molar-refractivity contribution in [2.45, 2.75) is 39.2 Å². The number of amides is 1. The van der Waals surface area contributed by atoms with Crippen LogP contribution >= 0.6 is 12.2 Å². The summed E-state index contributed by atoms with van der Waals surface area (Å²) in [5.41, 5.74) is 7.92. The highest BCUT2D eigenvalue weighted by Gasteiger charge is 2.12. The summed E-state index contributed by atoms with van der Waals surface area (Å²) < 4.78 is 0. The highest BCUT2D eigenvalue weighted by Crippen LogP contribution is 2.06. The molecule has 1 unspecified atom stereocenters. The Morgan fingerprint density at radius 1 is 1.50 bits per heavy atom. The van der Waals surface area contributed by atoms with Crippen molar-refractivity contribution in [1.82, 2.24) is 5.32 Å². The molecule has 1 atom stereocenters. The fraction of sp³-hybridized carbons (Fsp3) is 0.429. The van der Waals surface area contributed by atoms with Crippen molar-refractivity contribution in [1.29, 1.82) is 0 Å². The van der Waals surface area contributed by atoms with E-state index in [0.29, 0.717) is 11.4 Å². The highest BCUT2D eigenvalue weighted by molar-refractivity contribution is 7.80. The summed E-state index contributed by atoms with van der Waals surface area (Å²) in [5, 5.41) is 2.85. The Bertz CT molecular complexity index is 432. The average Bonchev–Trinajstić information content (AvgIpc) is 2.33. The van der Waals surface area contributed by atoms with Gasteiger partial charge in [-0.1, -0.05) is 49.0 Å². The molecule has 0 spiro atoms. The molecule has 0 heterocycles. The third-order valence-electron chi connectivity index (χ3n) is 2.81. The molecule has 1 rings (SSSR count). The molecule has 98 valence electrons. The molecular formula is C14H20N2OS. The van der Waals surface area contributed by atoms with Gasteiger partial charge in [0.05, 0.1) is 11.0 Å². The molecule has 0 aliphatic carbocycles. The number of aryl methyl sites for hydroxylation is 2. The Balaban J connectivity index is 2.44. The number of carbonyl (C=O) groups is 1. The second kappa shape index (κ2) is 7.11. The van der Waals surface area contributed by atoms with Crippen molar-refractivity contribution >= 4 is 23.1 Å². The summed E-state index contributed by atoms with van der Waals surface area (Å²) in [5.74, 6) is -0.00356. The molecule has 18 heavy (non-hydrogen) atoms. The molecule has 3 N–H and O–H groups in total. The number of rotatable bonds is 6. The molecule has 3 nitrogen and oxygen atoms in total. The molecule has 1 amide bonds. The van der Waals surface area contributed by atoms with Gasteiger partial charge in [-0.2, -0.15) is 0 Å². The van der Waals surface area contributed by atoms with E-state index in [2.05, 4.69) is 11.4 Å². The normalized spacial score (nSPS) is 11.9. The number of hydrogen-bond acceptors (Lipinski definition) is 2. The van der Waals surface area contributed by atoms with Crippen LogP contribution < -0.4 is 11.1 Å².